The molecule has 1 amide bonds. The van der Waals surface area contributed by atoms with Crippen LogP contribution in [-0.4, -0.2) is 46.0 Å². The zero-order valence-electron chi connectivity index (χ0n) is 23.0. The number of fused-ring (bicyclic) bond motifs is 1. The Kier molecular flexibility index (Phi) is 11.0. The van der Waals surface area contributed by atoms with Crippen LogP contribution in [0.3, 0.4) is 0 Å². The van der Waals surface area contributed by atoms with Crippen LogP contribution in [-0.2, 0) is 16.0 Å². The van der Waals surface area contributed by atoms with Crippen LogP contribution in [0.2, 0.25) is 0 Å². The smallest absolute Gasteiger partial charge is 0.327 e. The molecule has 2 unspecified atom stereocenters. The van der Waals surface area contributed by atoms with Crippen molar-refractivity contribution < 1.29 is 19.5 Å². The van der Waals surface area contributed by atoms with Gasteiger partial charge in [-0.2, -0.15) is 0 Å². The van der Waals surface area contributed by atoms with E-state index in [1.807, 2.05) is 18.2 Å². The molecule has 2 aromatic carbocycles. The summed E-state index contributed by atoms with van der Waals surface area (Å²) in [6.07, 6.45) is 14.9. The Morgan fingerprint density at radius 3 is 2.03 bits per heavy atom. The fourth-order valence-electron chi connectivity index (χ4n) is 5.89. The van der Waals surface area contributed by atoms with Crippen molar-refractivity contribution in [2.24, 2.45) is 5.92 Å². The van der Waals surface area contributed by atoms with E-state index in [1.54, 1.807) is 43.3 Å². The summed E-state index contributed by atoms with van der Waals surface area (Å²) in [5, 5.41) is 13.3. The maximum atomic E-state index is 12.9. The average Bonchev–Trinajstić information content (AvgIpc) is 3.37. The molecule has 1 aliphatic heterocycles. The van der Waals surface area contributed by atoms with Crippen LogP contribution in [0.4, 0.5) is 5.69 Å². The number of nitrogens with one attached hydrogen (secondary N) is 1. The first-order valence-electron chi connectivity index (χ1n) is 14.6. The minimum Gasteiger partial charge on any atom is -0.480 e. The van der Waals surface area contributed by atoms with Crippen LogP contribution in [0.5, 0.6) is 0 Å². The highest BCUT2D eigenvalue weighted by atomic mass is 32.2. The Labute approximate surface area is 236 Å². The summed E-state index contributed by atoms with van der Waals surface area (Å²) in [7, 11) is 0. The number of carboxylic acid groups (broad SMARTS) is 1. The van der Waals surface area contributed by atoms with Gasteiger partial charge in [0.25, 0.3) is 0 Å². The minimum absolute atomic E-state index is 0.0955. The number of carbonyl (C=O) groups is 3. The summed E-state index contributed by atoms with van der Waals surface area (Å²) >= 11 is 1.08. The number of para-hydroxylation sites is 1. The number of hydrogen-bond acceptors (Lipinski definition) is 5. The van der Waals surface area contributed by atoms with E-state index in [9.17, 15) is 19.5 Å². The van der Waals surface area contributed by atoms with Gasteiger partial charge in [0.15, 0.2) is 0 Å². The van der Waals surface area contributed by atoms with Crippen molar-refractivity contribution in [2.75, 3.05) is 10.7 Å². The average molecular weight is 551 g/mol. The Hall–Kier alpha value is -2.64. The Bertz CT molecular complexity index is 1080. The Morgan fingerprint density at radius 2 is 1.44 bits per heavy atom. The summed E-state index contributed by atoms with van der Waals surface area (Å²) in [5.74, 6) is -1.46. The van der Waals surface area contributed by atoms with Gasteiger partial charge >= 0.3 is 5.97 Å². The molecule has 39 heavy (non-hydrogen) atoms. The van der Waals surface area contributed by atoms with E-state index in [4.69, 9.17) is 0 Å². The van der Waals surface area contributed by atoms with Gasteiger partial charge in [-0.05, 0) is 37.3 Å². The molecule has 2 fully saturated rings. The van der Waals surface area contributed by atoms with Gasteiger partial charge in [0, 0.05) is 41.4 Å². The van der Waals surface area contributed by atoms with Crippen molar-refractivity contribution in [1.29, 1.82) is 0 Å². The van der Waals surface area contributed by atoms with E-state index in [1.165, 1.54) is 69.1 Å². The van der Waals surface area contributed by atoms with Gasteiger partial charge < -0.3 is 10.4 Å². The van der Waals surface area contributed by atoms with Gasteiger partial charge in [-0.25, -0.2) is 4.79 Å². The fourth-order valence-corrected chi connectivity index (χ4v) is 6.74. The number of benzene rings is 2. The van der Waals surface area contributed by atoms with E-state index in [0.717, 1.165) is 29.4 Å². The minimum atomic E-state index is -1.02. The number of carbonyl (C=O) groups excluding carboxylic acids is 2. The maximum absolute atomic E-state index is 12.9. The summed E-state index contributed by atoms with van der Waals surface area (Å²) in [6.45, 7) is 1.73. The van der Waals surface area contributed by atoms with Crippen LogP contribution < -0.4 is 10.2 Å². The summed E-state index contributed by atoms with van der Waals surface area (Å²) in [5.41, 5.74) is 2.09. The first-order chi connectivity index (χ1) is 18.9. The highest BCUT2D eigenvalue weighted by molar-refractivity contribution is 8.14. The second-order valence-corrected chi connectivity index (χ2v) is 12.1. The first kappa shape index (κ1) is 29.3. The number of anilines is 1. The molecule has 2 saturated carbocycles. The second-order valence-electron chi connectivity index (χ2n) is 11.1. The largest absolute Gasteiger partial charge is 0.480 e. The number of rotatable bonds is 7. The van der Waals surface area contributed by atoms with Crippen molar-refractivity contribution >= 4 is 34.4 Å². The molecule has 0 spiro atoms. The molecular formula is C32H42N2O4S. The van der Waals surface area contributed by atoms with E-state index >= 15 is 0 Å². The molecule has 0 bridgehead atoms. The highest BCUT2D eigenvalue weighted by Gasteiger charge is 2.39. The molecule has 3 aliphatic rings. The number of hydrogen-bond donors (Lipinski definition) is 2. The molecule has 5 rings (SSSR count). The number of aliphatic carboxylic acids is 1. The summed E-state index contributed by atoms with van der Waals surface area (Å²) < 4.78 is 0. The van der Waals surface area contributed by atoms with E-state index in [2.05, 4.69) is 5.32 Å². The van der Waals surface area contributed by atoms with Crippen molar-refractivity contribution in [1.82, 2.24) is 5.32 Å². The zero-order valence-corrected chi connectivity index (χ0v) is 23.8. The van der Waals surface area contributed by atoms with Crippen LogP contribution >= 0.6 is 11.8 Å². The van der Waals surface area contributed by atoms with E-state index < -0.39 is 17.9 Å². The lowest BCUT2D eigenvalue weighted by Gasteiger charge is -2.30. The van der Waals surface area contributed by atoms with Gasteiger partial charge in [0.2, 0.25) is 11.0 Å². The molecule has 2 atom stereocenters. The normalized spacial score (nSPS) is 20.4. The number of carboxylic acids is 1. The quantitative estimate of drug-likeness (QED) is 0.410. The van der Waals surface area contributed by atoms with E-state index in [-0.39, 0.29) is 11.0 Å². The third kappa shape index (κ3) is 8.18. The number of thioether (sulfide) groups is 1. The Balaban J connectivity index is 0.000000226. The summed E-state index contributed by atoms with van der Waals surface area (Å²) in [4.78, 5) is 38.1. The predicted octanol–water partition coefficient (Wildman–Crippen LogP) is 6.48. The SMILES string of the molecule is C1CCC(NC2CCCCC2)CC1.CC(CSC(=O)c1ccccc1)C(=O)N1c2ccccc2CC1C(=O)O. The number of amides is 1. The lowest BCUT2D eigenvalue weighted by Crippen LogP contribution is -2.45. The van der Waals surface area contributed by atoms with Crippen molar-refractivity contribution in [3.8, 4) is 0 Å². The molecule has 6 nitrogen and oxygen atoms in total. The summed E-state index contributed by atoms with van der Waals surface area (Å²) in [6, 6.07) is 17.0. The van der Waals surface area contributed by atoms with Gasteiger partial charge in [-0.3, -0.25) is 14.5 Å². The highest BCUT2D eigenvalue weighted by Crippen LogP contribution is 2.34. The molecule has 1 heterocycles. The maximum Gasteiger partial charge on any atom is 0.327 e. The Morgan fingerprint density at radius 1 is 0.872 bits per heavy atom. The van der Waals surface area contributed by atoms with Gasteiger partial charge in [0.1, 0.15) is 6.04 Å². The van der Waals surface area contributed by atoms with Gasteiger partial charge in [-0.15, -0.1) is 0 Å². The molecule has 2 N–H and O–H groups in total. The molecule has 2 aliphatic carbocycles. The molecule has 2 aromatic rings. The molecule has 0 radical (unpaired) electrons. The second kappa shape index (κ2) is 14.7. The third-order valence-corrected chi connectivity index (χ3v) is 9.24. The first-order valence-corrected chi connectivity index (χ1v) is 15.5. The zero-order chi connectivity index (χ0) is 27.6. The standard InChI is InChI=1S/C20H19NO4S.C12H23N/c1-13(12-26-20(25)14-7-3-2-4-8-14)18(22)21-16-10-6-5-9-15(16)11-17(21)19(23)24;1-3-7-11(8-4-1)13-12-9-5-2-6-10-12/h2-10,13,17H,11-12H2,1H3,(H,23,24);11-13H,1-10H2. The molecular weight excluding hydrogens is 508 g/mol. The van der Waals surface area contributed by atoms with Crippen molar-refractivity contribution in [3.63, 3.8) is 0 Å². The molecule has 0 aromatic heterocycles. The van der Waals surface area contributed by atoms with Gasteiger partial charge in [0.05, 0.1) is 0 Å². The van der Waals surface area contributed by atoms with E-state index in [0.29, 0.717) is 23.4 Å². The predicted molar refractivity (Wildman–Crippen MR) is 158 cm³/mol. The third-order valence-electron chi connectivity index (χ3n) is 8.08. The lowest BCUT2D eigenvalue weighted by molar-refractivity contribution is -0.140. The van der Waals surface area contributed by atoms with Gasteiger partial charge in [-0.1, -0.05) is 106 Å². The fraction of sp³-hybridized carbons (Fsp3) is 0.531. The van der Waals surface area contributed by atoms with Crippen LogP contribution in [0.15, 0.2) is 54.6 Å². The van der Waals surface area contributed by atoms with Crippen LogP contribution in [0.25, 0.3) is 0 Å². The monoisotopic (exact) mass is 550 g/mol. The topological polar surface area (TPSA) is 86.7 Å². The number of nitrogens with zero attached hydrogens (tertiary/aromatic N) is 1. The van der Waals surface area contributed by atoms with Crippen molar-refractivity contribution in [3.05, 3.63) is 65.7 Å². The molecule has 0 saturated heterocycles. The van der Waals surface area contributed by atoms with Crippen molar-refractivity contribution in [2.45, 2.75) is 95.7 Å². The lowest BCUT2D eigenvalue weighted by atomic mass is 9.91. The molecule has 7 heteroatoms. The van der Waals surface area contributed by atoms with Crippen LogP contribution in [0, 0.1) is 5.92 Å². The van der Waals surface area contributed by atoms with Crippen LogP contribution in [0.1, 0.15) is 87.1 Å². The molecule has 210 valence electrons.